The summed E-state index contributed by atoms with van der Waals surface area (Å²) in [5, 5.41) is 15.1. The van der Waals surface area contributed by atoms with Gasteiger partial charge in [0.05, 0.1) is 17.1 Å². The van der Waals surface area contributed by atoms with Crippen molar-refractivity contribution in [2.45, 2.75) is 74.5 Å². The lowest BCUT2D eigenvalue weighted by Gasteiger charge is -2.40. The van der Waals surface area contributed by atoms with Crippen LogP contribution >= 0.6 is 0 Å². The fraction of sp³-hybridized carbons (Fsp3) is 0.474. The summed E-state index contributed by atoms with van der Waals surface area (Å²) in [6.45, 7) is 1.27. The Kier molecular flexibility index (Phi) is 8.35. The number of alkyl halides is 3. The second-order valence-electron chi connectivity index (χ2n) is 15.0. The summed E-state index contributed by atoms with van der Waals surface area (Å²) in [6.07, 6.45) is 3.93. The molecule has 55 heavy (non-hydrogen) atoms. The van der Waals surface area contributed by atoms with Crippen LogP contribution in [0.5, 0.6) is 17.6 Å². The van der Waals surface area contributed by atoms with E-state index in [1.165, 1.54) is 24.3 Å². The number of amides is 1. The maximum absolute atomic E-state index is 17.2. The molecule has 0 saturated carbocycles. The molecule has 4 saturated heterocycles. The number of carbonyl (C=O) groups excluding carboxylic acids is 1. The third kappa shape index (κ3) is 5.79. The van der Waals surface area contributed by atoms with Crippen LogP contribution in [0.2, 0.25) is 0 Å². The predicted molar refractivity (Wildman–Crippen MR) is 189 cm³/mol. The van der Waals surface area contributed by atoms with Gasteiger partial charge in [-0.05, 0) is 68.7 Å². The lowest BCUT2D eigenvalue weighted by molar-refractivity contribution is -0.222. The van der Waals surface area contributed by atoms with Crippen molar-refractivity contribution in [3.8, 4) is 41.2 Å². The highest BCUT2D eigenvalue weighted by Crippen LogP contribution is 2.46. The van der Waals surface area contributed by atoms with Crippen LogP contribution in [-0.4, -0.2) is 112 Å². The Balaban J connectivity index is 1.11. The zero-order chi connectivity index (χ0) is 38.4. The van der Waals surface area contributed by atoms with Crippen LogP contribution in [0, 0.1) is 24.0 Å². The van der Waals surface area contributed by atoms with Crippen molar-refractivity contribution in [3.05, 3.63) is 41.5 Å². The van der Waals surface area contributed by atoms with Gasteiger partial charge in [0.15, 0.2) is 5.82 Å². The quantitative estimate of drug-likeness (QED) is 0.148. The summed E-state index contributed by atoms with van der Waals surface area (Å²) >= 11 is 0. The van der Waals surface area contributed by atoms with Crippen LogP contribution in [0.1, 0.15) is 44.1 Å². The molecule has 0 unspecified atom stereocenters. The molecule has 4 aromatic rings. The second kappa shape index (κ2) is 12.9. The number of fused-ring (bicyclic) bond motifs is 7. The van der Waals surface area contributed by atoms with Gasteiger partial charge in [-0.1, -0.05) is 12.0 Å². The van der Waals surface area contributed by atoms with Crippen molar-refractivity contribution in [3.63, 3.8) is 0 Å². The molecule has 0 radical (unpaired) electrons. The van der Waals surface area contributed by atoms with Crippen molar-refractivity contribution in [2.75, 3.05) is 44.9 Å². The van der Waals surface area contributed by atoms with Gasteiger partial charge in [-0.15, -0.1) is 19.6 Å². The standard InChI is InChI=1S/C38H36F5N7O5/c1-3-23-25(39)7-5-19-13-22(51)14-24(28(19)23)31-30(40)32-29-33(49-15-20-6-8-26(44-20)27(49)17-53-34(29)45-31)47-35(46-32)55-18-37-10-4-12-50(37)21(9-11-37)16-54-36(52)48(2)38(41,42)43/h1,5,7,13-14,20-21,26-27,44,51H,4,6,8-12,15-18H2,2H3/t20-,21+,26+,27-,37+/m1/s1. The summed E-state index contributed by atoms with van der Waals surface area (Å²) in [7, 11) is 0.620. The van der Waals surface area contributed by atoms with E-state index >= 15 is 8.78 Å². The number of aromatic hydroxyl groups is 1. The molecule has 2 aromatic carbocycles. The fourth-order valence-corrected chi connectivity index (χ4v) is 9.27. The minimum atomic E-state index is -4.86. The second-order valence-corrected chi connectivity index (χ2v) is 15.0. The van der Waals surface area contributed by atoms with Gasteiger partial charge in [0.25, 0.3) is 0 Å². The summed E-state index contributed by atoms with van der Waals surface area (Å²) in [5.41, 5.74) is -1.02. The molecule has 1 amide bonds. The first-order chi connectivity index (χ1) is 26.3. The summed E-state index contributed by atoms with van der Waals surface area (Å²) in [6, 6.07) is 4.96. The number of halogens is 5. The smallest absolute Gasteiger partial charge is 0.489 e. The van der Waals surface area contributed by atoms with E-state index in [1.807, 2.05) is 0 Å². The van der Waals surface area contributed by atoms with Gasteiger partial charge in [0.1, 0.15) is 53.8 Å². The molecule has 5 atom stereocenters. The Labute approximate surface area is 311 Å². The Bertz CT molecular complexity index is 2290. The lowest BCUT2D eigenvalue weighted by Crippen LogP contribution is -2.60. The number of phenolic OH excluding ortho intramolecular Hbond substituents is 1. The van der Waals surface area contributed by atoms with Crippen LogP contribution in [-0.2, 0) is 4.74 Å². The van der Waals surface area contributed by atoms with Gasteiger partial charge in [-0.3, -0.25) is 4.90 Å². The number of carbonyl (C=O) groups is 1. The van der Waals surface area contributed by atoms with Crippen molar-refractivity contribution < 1.29 is 46.1 Å². The monoisotopic (exact) mass is 765 g/mol. The lowest BCUT2D eigenvalue weighted by atomic mass is 9.95. The average Bonchev–Trinajstić information content (AvgIpc) is 3.83. The van der Waals surface area contributed by atoms with E-state index < -0.39 is 34.5 Å². The molecule has 17 heteroatoms. The molecular weight excluding hydrogens is 729 g/mol. The van der Waals surface area contributed by atoms with Crippen molar-refractivity contribution in [1.82, 2.24) is 30.1 Å². The van der Waals surface area contributed by atoms with E-state index in [-0.39, 0.29) is 94.7 Å². The number of anilines is 1. The van der Waals surface area contributed by atoms with E-state index in [1.54, 1.807) is 0 Å². The third-order valence-electron chi connectivity index (χ3n) is 11.9. The Hall–Kier alpha value is -5.21. The minimum absolute atomic E-state index is 0.0478. The maximum atomic E-state index is 17.2. The zero-order valence-electron chi connectivity index (χ0n) is 29.6. The Morgan fingerprint density at radius 1 is 1.16 bits per heavy atom. The first kappa shape index (κ1) is 35.5. The zero-order valence-corrected chi connectivity index (χ0v) is 29.6. The number of hydrogen-bond donors (Lipinski definition) is 2. The van der Waals surface area contributed by atoms with Crippen LogP contribution in [0.25, 0.3) is 32.9 Å². The number of nitrogens with one attached hydrogen (secondary N) is 1. The van der Waals surface area contributed by atoms with E-state index in [0.29, 0.717) is 50.6 Å². The number of ether oxygens (including phenoxy) is 3. The molecule has 12 nitrogen and oxygen atoms in total. The van der Waals surface area contributed by atoms with Crippen molar-refractivity contribution >= 4 is 33.6 Å². The number of pyridine rings is 1. The molecule has 0 spiro atoms. The highest BCUT2D eigenvalue weighted by Gasteiger charge is 2.51. The summed E-state index contributed by atoms with van der Waals surface area (Å²) in [5.74, 6) is 1.04. The van der Waals surface area contributed by atoms with Crippen LogP contribution in [0.3, 0.4) is 0 Å². The van der Waals surface area contributed by atoms with Gasteiger partial charge >= 0.3 is 18.4 Å². The number of aromatic nitrogens is 3. The topological polar surface area (TPSA) is 125 Å². The number of nitrogens with zero attached hydrogens (tertiary/aromatic N) is 6. The van der Waals surface area contributed by atoms with E-state index in [9.17, 15) is 23.1 Å². The number of piperazine rings is 1. The van der Waals surface area contributed by atoms with Crippen LogP contribution in [0.15, 0.2) is 24.3 Å². The summed E-state index contributed by atoms with van der Waals surface area (Å²) < 4.78 is 89.2. The van der Waals surface area contributed by atoms with E-state index in [0.717, 1.165) is 19.3 Å². The first-order valence-electron chi connectivity index (χ1n) is 18.2. The average molecular weight is 766 g/mol. The molecule has 4 fully saturated rings. The van der Waals surface area contributed by atoms with Crippen molar-refractivity contribution in [2.24, 2.45) is 0 Å². The highest BCUT2D eigenvalue weighted by atomic mass is 19.4. The first-order valence-corrected chi connectivity index (χ1v) is 18.2. The maximum Gasteiger partial charge on any atom is 0.489 e. The van der Waals surface area contributed by atoms with Gasteiger partial charge in [-0.25, -0.2) is 23.5 Å². The Morgan fingerprint density at radius 3 is 2.80 bits per heavy atom. The highest BCUT2D eigenvalue weighted by molar-refractivity contribution is 6.04. The van der Waals surface area contributed by atoms with Crippen molar-refractivity contribution in [1.29, 1.82) is 0 Å². The predicted octanol–water partition coefficient (Wildman–Crippen LogP) is 5.48. The molecule has 0 aliphatic carbocycles. The SMILES string of the molecule is C#Cc1c(F)ccc2cc(O)cc(-c3nc4c5c(nc(OC[C@@]67CCCN6[C@H](COC(=O)N(C)C(F)(F)F)CC7)nc5c3F)N3C[C@H]5CC[C@H](N5)[C@H]3CO4)c12. The third-order valence-corrected chi connectivity index (χ3v) is 11.9. The van der Waals surface area contributed by atoms with Gasteiger partial charge in [0, 0.05) is 42.7 Å². The number of phenols is 1. The Morgan fingerprint density at radius 2 is 2.00 bits per heavy atom. The van der Waals surface area contributed by atoms with E-state index in [4.69, 9.17) is 25.6 Å². The summed E-state index contributed by atoms with van der Waals surface area (Å²) in [4.78, 5) is 30.0. The minimum Gasteiger partial charge on any atom is -0.508 e. The number of benzene rings is 2. The largest absolute Gasteiger partial charge is 0.508 e. The number of rotatable bonds is 6. The molecule has 5 aliphatic heterocycles. The number of terminal acetylenes is 1. The molecule has 288 valence electrons. The molecule has 5 aliphatic rings. The molecular formula is C38H36F5N7O5. The van der Waals surface area contributed by atoms with Gasteiger partial charge in [0.2, 0.25) is 5.88 Å². The van der Waals surface area contributed by atoms with Gasteiger partial charge in [-0.2, -0.15) is 9.97 Å². The molecule has 9 rings (SSSR count). The molecule has 2 N–H and O–H groups in total. The van der Waals surface area contributed by atoms with Gasteiger partial charge < -0.3 is 29.5 Å². The number of hydrogen-bond acceptors (Lipinski definition) is 11. The normalized spacial score (nSPS) is 25.7. The van der Waals surface area contributed by atoms with E-state index in [2.05, 4.69) is 31.0 Å². The molecule has 2 bridgehead atoms. The fourth-order valence-electron chi connectivity index (χ4n) is 9.27. The molecule has 2 aromatic heterocycles. The van der Waals surface area contributed by atoms with Crippen LogP contribution in [0.4, 0.5) is 32.6 Å². The molecule has 7 heterocycles. The van der Waals surface area contributed by atoms with Crippen LogP contribution < -0.4 is 19.7 Å².